The number of carbonyl (C=O) groups excluding carboxylic acids is 1. The monoisotopic (exact) mass is 371 g/mol. The maximum absolute atomic E-state index is 13.3. The quantitative estimate of drug-likeness (QED) is 0.679. The number of pyridine rings is 2. The lowest BCUT2D eigenvalue weighted by molar-refractivity contribution is -0.120. The molecule has 0 radical (unpaired) electrons. The van der Waals surface area contributed by atoms with Gasteiger partial charge in [-0.2, -0.15) is 4.39 Å². The number of H-pyrrole nitrogens is 1. The SMILES string of the molecule is Cc1cncc2[nH]c(=O)n([C@@H](C(=O)Nc3ccnc(F)c3)C(C)C)c(=O)c12. The van der Waals surface area contributed by atoms with Gasteiger partial charge in [-0.25, -0.2) is 14.3 Å². The van der Waals surface area contributed by atoms with E-state index in [0.717, 1.165) is 10.6 Å². The Kier molecular flexibility index (Phi) is 4.85. The first kappa shape index (κ1) is 18.4. The van der Waals surface area contributed by atoms with Gasteiger partial charge in [0.05, 0.1) is 17.1 Å². The molecular weight excluding hydrogens is 353 g/mol. The molecule has 0 aliphatic heterocycles. The van der Waals surface area contributed by atoms with Crippen molar-refractivity contribution < 1.29 is 9.18 Å². The van der Waals surface area contributed by atoms with Gasteiger partial charge in [0.25, 0.3) is 5.56 Å². The third kappa shape index (κ3) is 3.48. The molecule has 0 unspecified atom stereocenters. The van der Waals surface area contributed by atoms with E-state index in [1.807, 2.05) is 0 Å². The second kappa shape index (κ2) is 7.10. The van der Waals surface area contributed by atoms with Crippen molar-refractivity contribution in [2.24, 2.45) is 5.92 Å². The summed E-state index contributed by atoms with van der Waals surface area (Å²) in [6, 6.07) is 1.38. The Bertz CT molecular complexity index is 1140. The summed E-state index contributed by atoms with van der Waals surface area (Å²) >= 11 is 0. The largest absolute Gasteiger partial charge is 0.329 e. The highest BCUT2D eigenvalue weighted by molar-refractivity contribution is 5.94. The molecule has 0 saturated heterocycles. The minimum absolute atomic E-state index is 0.184. The van der Waals surface area contributed by atoms with Crippen LogP contribution in [0.15, 0.2) is 40.3 Å². The molecule has 0 fully saturated rings. The zero-order chi connectivity index (χ0) is 19.7. The number of aromatic nitrogens is 4. The molecule has 0 aliphatic rings. The van der Waals surface area contributed by atoms with Crippen LogP contribution in [0.5, 0.6) is 0 Å². The first-order valence-corrected chi connectivity index (χ1v) is 8.31. The van der Waals surface area contributed by atoms with Gasteiger partial charge >= 0.3 is 5.69 Å². The second-order valence-electron chi connectivity index (χ2n) is 6.53. The number of hydrogen-bond acceptors (Lipinski definition) is 5. The molecule has 27 heavy (non-hydrogen) atoms. The van der Waals surface area contributed by atoms with E-state index in [1.165, 1.54) is 24.7 Å². The van der Waals surface area contributed by atoms with Gasteiger partial charge in [0.2, 0.25) is 11.9 Å². The highest BCUT2D eigenvalue weighted by Crippen LogP contribution is 2.19. The first-order chi connectivity index (χ1) is 12.8. The van der Waals surface area contributed by atoms with Crippen LogP contribution in [0, 0.1) is 18.8 Å². The Hall–Kier alpha value is -3.36. The summed E-state index contributed by atoms with van der Waals surface area (Å²) < 4.78 is 14.2. The number of hydrogen-bond donors (Lipinski definition) is 2. The zero-order valence-electron chi connectivity index (χ0n) is 15.0. The van der Waals surface area contributed by atoms with Crippen molar-refractivity contribution in [2.75, 3.05) is 5.32 Å². The predicted octanol–water partition coefficient (Wildman–Crippen LogP) is 1.76. The lowest BCUT2D eigenvalue weighted by Crippen LogP contribution is -2.44. The summed E-state index contributed by atoms with van der Waals surface area (Å²) in [6.45, 7) is 5.13. The highest BCUT2D eigenvalue weighted by Gasteiger charge is 2.28. The summed E-state index contributed by atoms with van der Waals surface area (Å²) in [5.74, 6) is -1.73. The molecule has 0 aliphatic carbocycles. The molecular formula is C18H18FN5O3. The van der Waals surface area contributed by atoms with Gasteiger partial charge in [0, 0.05) is 24.1 Å². The molecule has 1 amide bonds. The van der Waals surface area contributed by atoms with Crippen molar-refractivity contribution in [1.82, 2.24) is 19.5 Å². The van der Waals surface area contributed by atoms with E-state index in [2.05, 4.69) is 20.3 Å². The van der Waals surface area contributed by atoms with Gasteiger partial charge in [0.1, 0.15) is 6.04 Å². The van der Waals surface area contributed by atoms with Gasteiger partial charge < -0.3 is 10.3 Å². The summed E-state index contributed by atoms with van der Waals surface area (Å²) in [6.07, 6.45) is 4.11. The topological polar surface area (TPSA) is 110 Å². The Labute approximate surface area is 153 Å². The van der Waals surface area contributed by atoms with Crippen molar-refractivity contribution >= 4 is 22.5 Å². The molecule has 2 N–H and O–H groups in total. The molecule has 0 saturated carbocycles. The zero-order valence-corrected chi connectivity index (χ0v) is 15.0. The van der Waals surface area contributed by atoms with Crippen LogP contribution in [0.2, 0.25) is 0 Å². The van der Waals surface area contributed by atoms with Crippen molar-refractivity contribution in [1.29, 1.82) is 0 Å². The van der Waals surface area contributed by atoms with Gasteiger partial charge in [-0.05, 0) is 24.5 Å². The van der Waals surface area contributed by atoms with Crippen molar-refractivity contribution in [3.05, 3.63) is 63.1 Å². The average molecular weight is 371 g/mol. The molecule has 3 heterocycles. The Morgan fingerprint density at radius 1 is 1.30 bits per heavy atom. The van der Waals surface area contributed by atoms with Crippen LogP contribution in [-0.2, 0) is 4.79 Å². The molecule has 3 aromatic heterocycles. The van der Waals surface area contributed by atoms with Crippen molar-refractivity contribution in [2.45, 2.75) is 26.8 Å². The highest BCUT2D eigenvalue weighted by atomic mass is 19.1. The fraction of sp³-hybridized carbons (Fsp3) is 0.278. The minimum atomic E-state index is -1.09. The number of aromatic amines is 1. The van der Waals surface area contributed by atoms with E-state index in [1.54, 1.807) is 20.8 Å². The molecule has 1 atom stereocenters. The molecule has 140 valence electrons. The van der Waals surface area contributed by atoms with E-state index >= 15 is 0 Å². The predicted molar refractivity (Wildman–Crippen MR) is 98.1 cm³/mol. The number of fused-ring (bicyclic) bond motifs is 1. The maximum Gasteiger partial charge on any atom is 0.329 e. The van der Waals surface area contributed by atoms with Crippen LogP contribution in [-0.4, -0.2) is 25.4 Å². The van der Waals surface area contributed by atoms with Crippen molar-refractivity contribution in [3.8, 4) is 0 Å². The van der Waals surface area contributed by atoms with E-state index in [9.17, 15) is 18.8 Å². The number of aryl methyl sites for hydroxylation is 1. The number of halogens is 1. The second-order valence-corrected chi connectivity index (χ2v) is 6.53. The Morgan fingerprint density at radius 2 is 2.04 bits per heavy atom. The minimum Gasteiger partial charge on any atom is -0.324 e. The van der Waals surface area contributed by atoms with E-state index in [-0.39, 0.29) is 17.0 Å². The third-order valence-corrected chi connectivity index (χ3v) is 4.20. The van der Waals surface area contributed by atoms with E-state index < -0.39 is 29.1 Å². The van der Waals surface area contributed by atoms with Gasteiger partial charge in [-0.1, -0.05) is 13.8 Å². The number of nitrogens with zero attached hydrogens (tertiary/aromatic N) is 3. The van der Waals surface area contributed by atoms with Crippen molar-refractivity contribution in [3.63, 3.8) is 0 Å². The van der Waals surface area contributed by atoms with Crippen LogP contribution in [0.1, 0.15) is 25.5 Å². The van der Waals surface area contributed by atoms with Crippen LogP contribution in [0.4, 0.5) is 10.1 Å². The van der Waals surface area contributed by atoms with E-state index in [0.29, 0.717) is 11.1 Å². The summed E-state index contributed by atoms with van der Waals surface area (Å²) in [5.41, 5.74) is -0.219. The molecule has 3 aromatic rings. The van der Waals surface area contributed by atoms with Gasteiger partial charge in [0.15, 0.2) is 0 Å². The molecule has 0 spiro atoms. The van der Waals surface area contributed by atoms with Gasteiger partial charge in [-0.3, -0.25) is 14.6 Å². The molecule has 8 nitrogen and oxygen atoms in total. The lowest BCUT2D eigenvalue weighted by Gasteiger charge is -2.22. The van der Waals surface area contributed by atoms with Crippen LogP contribution >= 0.6 is 0 Å². The number of amides is 1. The third-order valence-electron chi connectivity index (χ3n) is 4.20. The fourth-order valence-electron chi connectivity index (χ4n) is 3.00. The Balaban J connectivity index is 2.13. The number of nitrogens with one attached hydrogen (secondary N) is 2. The molecule has 9 heteroatoms. The van der Waals surface area contributed by atoms with Crippen LogP contribution in [0.25, 0.3) is 10.9 Å². The van der Waals surface area contributed by atoms with Gasteiger partial charge in [-0.15, -0.1) is 0 Å². The summed E-state index contributed by atoms with van der Waals surface area (Å²) in [7, 11) is 0. The summed E-state index contributed by atoms with van der Waals surface area (Å²) in [4.78, 5) is 48.3. The lowest BCUT2D eigenvalue weighted by atomic mass is 10.0. The molecule has 3 rings (SSSR count). The fourth-order valence-corrected chi connectivity index (χ4v) is 3.00. The first-order valence-electron chi connectivity index (χ1n) is 8.31. The van der Waals surface area contributed by atoms with Crippen LogP contribution in [0.3, 0.4) is 0 Å². The maximum atomic E-state index is 13.3. The van der Waals surface area contributed by atoms with Crippen LogP contribution < -0.4 is 16.6 Å². The average Bonchev–Trinajstić information content (AvgIpc) is 2.57. The summed E-state index contributed by atoms with van der Waals surface area (Å²) in [5, 5.41) is 2.83. The number of rotatable bonds is 4. The van der Waals surface area contributed by atoms with E-state index in [4.69, 9.17) is 0 Å². The Morgan fingerprint density at radius 3 is 2.70 bits per heavy atom. The number of anilines is 1. The molecule has 0 bridgehead atoms. The number of carbonyl (C=O) groups is 1. The molecule has 0 aromatic carbocycles. The normalized spacial score (nSPS) is 12.3. The smallest absolute Gasteiger partial charge is 0.324 e. The standard InChI is InChI=1S/C18H18FN5O3/c1-9(2)15(16(25)22-11-4-5-21-13(19)6-11)24-17(26)14-10(3)7-20-8-12(14)23-18(24)27/h4-9,15H,1-3H3,(H,23,27)(H,21,22,25)/t15-/m1/s1.